The molecule has 1 heterocycles. The van der Waals surface area contributed by atoms with Gasteiger partial charge in [0.25, 0.3) is 5.56 Å². The highest BCUT2D eigenvalue weighted by molar-refractivity contribution is 5.82. The number of primary amides is 1. The fraction of sp³-hybridized carbons (Fsp3) is 0.360. The van der Waals surface area contributed by atoms with Gasteiger partial charge in [0, 0.05) is 37.9 Å². The second kappa shape index (κ2) is 12.2. The van der Waals surface area contributed by atoms with Crippen LogP contribution in [-0.2, 0) is 27.4 Å². The summed E-state index contributed by atoms with van der Waals surface area (Å²) in [5.74, 6) is 0.825. The standard InChI is InChI=1S/C25H31N3O5/c1-3-31-13-12-28-23-15-21(33-20-8-6-5-7-9-20)11-10-18(23)14-19(25(28)30)16-27-22(24(26)29)17-32-4-2/h5-11,14-15,22,27H,3-4,12-13,16-17H2,1-2H3,(H2,26,29). The zero-order valence-electron chi connectivity index (χ0n) is 19.1. The van der Waals surface area contributed by atoms with E-state index in [9.17, 15) is 9.59 Å². The molecule has 2 aromatic carbocycles. The normalized spacial score (nSPS) is 12.1. The van der Waals surface area contributed by atoms with Crippen molar-refractivity contribution in [2.24, 2.45) is 5.73 Å². The molecule has 0 radical (unpaired) electrons. The number of nitrogens with two attached hydrogens (primary N) is 1. The highest BCUT2D eigenvalue weighted by Crippen LogP contribution is 2.25. The number of para-hydroxylation sites is 1. The Morgan fingerprint density at radius 2 is 1.79 bits per heavy atom. The van der Waals surface area contributed by atoms with Gasteiger partial charge in [0.05, 0.1) is 18.7 Å². The molecular weight excluding hydrogens is 422 g/mol. The van der Waals surface area contributed by atoms with Crippen LogP contribution in [0.5, 0.6) is 11.5 Å². The SMILES string of the molecule is CCOCCn1c(=O)c(CNC(COCC)C(N)=O)cc2ccc(Oc3ccccc3)cc21. The fourth-order valence-corrected chi connectivity index (χ4v) is 3.46. The van der Waals surface area contributed by atoms with E-state index in [0.29, 0.717) is 43.4 Å². The predicted molar refractivity (Wildman–Crippen MR) is 128 cm³/mol. The van der Waals surface area contributed by atoms with Crippen molar-refractivity contribution in [3.8, 4) is 11.5 Å². The molecule has 8 nitrogen and oxygen atoms in total. The van der Waals surface area contributed by atoms with E-state index in [-0.39, 0.29) is 18.7 Å². The number of hydrogen-bond acceptors (Lipinski definition) is 6. The molecule has 0 saturated carbocycles. The summed E-state index contributed by atoms with van der Waals surface area (Å²) in [5.41, 5.74) is 6.58. The zero-order valence-corrected chi connectivity index (χ0v) is 19.1. The number of hydrogen-bond donors (Lipinski definition) is 2. The Hall–Kier alpha value is -3.20. The van der Waals surface area contributed by atoms with E-state index in [1.54, 1.807) is 4.57 Å². The van der Waals surface area contributed by atoms with Gasteiger partial charge in [0.2, 0.25) is 5.91 Å². The van der Waals surface area contributed by atoms with Crippen LogP contribution in [0.15, 0.2) is 59.4 Å². The molecule has 3 aromatic rings. The van der Waals surface area contributed by atoms with Crippen LogP contribution in [0, 0.1) is 0 Å². The molecule has 1 amide bonds. The number of benzene rings is 2. The topological polar surface area (TPSA) is 105 Å². The van der Waals surface area contributed by atoms with E-state index in [1.165, 1.54) is 0 Å². The summed E-state index contributed by atoms with van der Waals surface area (Å²) in [6, 6.07) is 16.3. The summed E-state index contributed by atoms with van der Waals surface area (Å²) in [6.45, 7) is 5.92. The molecule has 0 spiro atoms. The second-order valence-corrected chi connectivity index (χ2v) is 7.45. The van der Waals surface area contributed by atoms with Gasteiger partial charge < -0.3 is 24.5 Å². The largest absolute Gasteiger partial charge is 0.457 e. The highest BCUT2D eigenvalue weighted by atomic mass is 16.5. The van der Waals surface area contributed by atoms with Crippen LogP contribution >= 0.6 is 0 Å². The first-order valence-electron chi connectivity index (χ1n) is 11.1. The number of carbonyl (C=O) groups is 1. The van der Waals surface area contributed by atoms with Crippen LogP contribution in [0.25, 0.3) is 10.9 Å². The Bertz CT molecular complexity index is 1110. The first-order chi connectivity index (χ1) is 16.0. The first-order valence-corrected chi connectivity index (χ1v) is 11.1. The molecule has 0 fully saturated rings. The van der Waals surface area contributed by atoms with Gasteiger partial charge in [0.1, 0.15) is 17.5 Å². The van der Waals surface area contributed by atoms with Crippen molar-refractivity contribution in [2.45, 2.75) is 33.0 Å². The lowest BCUT2D eigenvalue weighted by atomic mass is 10.1. The van der Waals surface area contributed by atoms with Crippen molar-refractivity contribution in [2.75, 3.05) is 26.4 Å². The molecule has 0 saturated heterocycles. The van der Waals surface area contributed by atoms with Crippen molar-refractivity contribution < 1.29 is 19.0 Å². The van der Waals surface area contributed by atoms with Crippen molar-refractivity contribution in [1.82, 2.24) is 9.88 Å². The lowest BCUT2D eigenvalue weighted by molar-refractivity contribution is -0.121. The summed E-state index contributed by atoms with van der Waals surface area (Å²) in [4.78, 5) is 25.0. The minimum Gasteiger partial charge on any atom is -0.457 e. The molecule has 8 heteroatoms. The maximum Gasteiger partial charge on any atom is 0.255 e. The van der Waals surface area contributed by atoms with E-state index in [1.807, 2.05) is 68.4 Å². The van der Waals surface area contributed by atoms with Gasteiger partial charge in [-0.2, -0.15) is 0 Å². The van der Waals surface area contributed by atoms with E-state index >= 15 is 0 Å². The minimum absolute atomic E-state index is 0.151. The molecule has 3 N–H and O–H groups in total. The number of carbonyl (C=O) groups excluding carboxylic acids is 1. The van der Waals surface area contributed by atoms with Crippen molar-refractivity contribution in [3.05, 3.63) is 70.5 Å². The maximum atomic E-state index is 13.3. The summed E-state index contributed by atoms with van der Waals surface area (Å²) in [7, 11) is 0. The van der Waals surface area contributed by atoms with Crippen LogP contribution in [-0.4, -0.2) is 42.9 Å². The molecule has 0 aliphatic heterocycles. The van der Waals surface area contributed by atoms with Gasteiger partial charge in [-0.05, 0) is 49.6 Å². The van der Waals surface area contributed by atoms with Gasteiger partial charge in [-0.3, -0.25) is 14.9 Å². The second-order valence-electron chi connectivity index (χ2n) is 7.45. The molecule has 0 bridgehead atoms. The third kappa shape index (κ3) is 6.64. The number of pyridine rings is 1. The average Bonchev–Trinajstić information content (AvgIpc) is 2.81. The van der Waals surface area contributed by atoms with E-state index < -0.39 is 11.9 Å². The summed E-state index contributed by atoms with van der Waals surface area (Å²) >= 11 is 0. The van der Waals surface area contributed by atoms with Gasteiger partial charge in [0.15, 0.2) is 0 Å². The third-order valence-electron chi connectivity index (χ3n) is 5.16. The Labute approximate surface area is 193 Å². The first kappa shape index (κ1) is 24.4. The van der Waals surface area contributed by atoms with E-state index in [0.717, 1.165) is 10.9 Å². The van der Waals surface area contributed by atoms with Gasteiger partial charge in [-0.15, -0.1) is 0 Å². The van der Waals surface area contributed by atoms with E-state index in [4.69, 9.17) is 19.9 Å². The summed E-state index contributed by atoms with van der Waals surface area (Å²) < 4.78 is 18.5. The number of nitrogens with one attached hydrogen (secondary N) is 1. The zero-order chi connectivity index (χ0) is 23.6. The molecule has 176 valence electrons. The monoisotopic (exact) mass is 453 g/mol. The molecular formula is C25H31N3O5. The predicted octanol–water partition coefficient (Wildman–Crippen LogP) is 2.81. The number of aromatic nitrogens is 1. The average molecular weight is 454 g/mol. The molecule has 1 unspecified atom stereocenters. The van der Waals surface area contributed by atoms with Crippen molar-refractivity contribution >= 4 is 16.8 Å². The quantitative estimate of drug-likeness (QED) is 0.386. The lowest BCUT2D eigenvalue weighted by Crippen LogP contribution is -2.45. The fourth-order valence-electron chi connectivity index (χ4n) is 3.46. The van der Waals surface area contributed by atoms with Crippen molar-refractivity contribution in [3.63, 3.8) is 0 Å². The molecule has 33 heavy (non-hydrogen) atoms. The Balaban J connectivity index is 1.93. The molecule has 1 atom stereocenters. The minimum atomic E-state index is -0.682. The number of amides is 1. The van der Waals surface area contributed by atoms with Crippen LogP contribution in [0.1, 0.15) is 19.4 Å². The van der Waals surface area contributed by atoms with Gasteiger partial charge in [-0.25, -0.2) is 0 Å². The molecule has 0 aliphatic rings. The summed E-state index contributed by atoms with van der Waals surface area (Å²) in [6.07, 6.45) is 0. The molecule has 0 aliphatic carbocycles. The summed E-state index contributed by atoms with van der Waals surface area (Å²) in [5, 5.41) is 3.92. The van der Waals surface area contributed by atoms with Gasteiger partial charge >= 0.3 is 0 Å². The smallest absolute Gasteiger partial charge is 0.255 e. The van der Waals surface area contributed by atoms with Gasteiger partial charge in [-0.1, -0.05) is 18.2 Å². The number of ether oxygens (including phenoxy) is 3. The van der Waals surface area contributed by atoms with E-state index in [2.05, 4.69) is 5.32 Å². The van der Waals surface area contributed by atoms with Crippen molar-refractivity contribution in [1.29, 1.82) is 0 Å². The van der Waals surface area contributed by atoms with Crippen LogP contribution in [0.4, 0.5) is 0 Å². The Morgan fingerprint density at radius 1 is 1.03 bits per heavy atom. The maximum absolute atomic E-state index is 13.3. The van der Waals surface area contributed by atoms with Crippen LogP contribution in [0.3, 0.4) is 0 Å². The molecule has 1 aromatic heterocycles. The molecule has 3 rings (SSSR count). The number of rotatable bonds is 13. The van der Waals surface area contributed by atoms with Crippen LogP contribution < -0.4 is 21.3 Å². The Kier molecular flexibility index (Phi) is 9.00. The Morgan fingerprint density at radius 3 is 2.48 bits per heavy atom. The number of fused-ring (bicyclic) bond motifs is 1. The third-order valence-corrected chi connectivity index (χ3v) is 5.16. The highest BCUT2D eigenvalue weighted by Gasteiger charge is 2.17. The lowest BCUT2D eigenvalue weighted by Gasteiger charge is -2.17. The van der Waals surface area contributed by atoms with Crippen LogP contribution in [0.2, 0.25) is 0 Å². The number of nitrogens with zero attached hydrogens (tertiary/aromatic N) is 1.